The van der Waals surface area contributed by atoms with Gasteiger partial charge in [0.05, 0.1) is 17.1 Å². The zero-order chi connectivity index (χ0) is 23.2. The number of likely N-dealkylation sites (tertiary alicyclic amines) is 2. The average Bonchev–Trinajstić information content (AvgIpc) is 3.44. The van der Waals surface area contributed by atoms with E-state index in [0.29, 0.717) is 30.2 Å². The topological polar surface area (TPSA) is 88.4 Å². The number of sulfone groups is 1. The number of nitrogens with zero attached hydrogens (tertiary/aromatic N) is 5. The highest BCUT2D eigenvalue weighted by Gasteiger charge is 2.37. The summed E-state index contributed by atoms with van der Waals surface area (Å²) in [7, 11) is -3.41. The van der Waals surface area contributed by atoms with Gasteiger partial charge in [0.2, 0.25) is 0 Å². The van der Waals surface area contributed by atoms with Crippen LogP contribution in [0.25, 0.3) is 11.1 Å². The zero-order valence-corrected chi connectivity index (χ0v) is 19.7. The standard InChI is InChI=1S/C23H24ClN5O3S/c1-33(31,32)22-12-19(24)6-7-21(22)17-4-2-16(3-5-17)18-13-28(14-18)23(30)27-10-8-20(15-27)29-11-9-25-26-29/h2-7,9,11-12,18,20H,8,10,13-15H2,1H3/t20-/m1/s1. The number of hydrogen-bond acceptors (Lipinski definition) is 5. The van der Waals surface area contributed by atoms with E-state index in [1.807, 2.05) is 44.9 Å². The Labute approximate surface area is 197 Å². The molecule has 2 aromatic carbocycles. The number of aromatic nitrogens is 3. The molecule has 0 aliphatic carbocycles. The molecular formula is C23H24ClN5O3S. The number of carbonyl (C=O) groups is 1. The van der Waals surface area contributed by atoms with Crippen LogP contribution in [0.3, 0.4) is 0 Å². The summed E-state index contributed by atoms with van der Waals surface area (Å²) in [6.07, 6.45) is 5.56. The van der Waals surface area contributed by atoms with Gasteiger partial charge in [-0.05, 0) is 29.7 Å². The smallest absolute Gasteiger partial charge is 0.320 e. The highest BCUT2D eigenvalue weighted by Crippen LogP contribution is 2.34. The van der Waals surface area contributed by atoms with Crippen molar-refractivity contribution in [2.75, 3.05) is 32.4 Å². The third kappa shape index (κ3) is 4.35. The minimum atomic E-state index is -3.41. The number of urea groups is 1. The Morgan fingerprint density at radius 1 is 1.06 bits per heavy atom. The average molecular weight is 486 g/mol. The highest BCUT2D eigenvalue weighted by molar-refractivity contribution is 7.90. The Balaban J connectivity index is 1.22. The maximum atomic E-state index is 12.9. The predicted octanol–water partition coefficient (Wildman–Crippen LogP) is 3.47. The fraction of sp³-hybridized carbons (Fsp3) is 0.348. The van der Waals surface area contributed by atoms with Gasteiger partial charge in [0, 0.05) is 55.1 Å². The number of halogens is 1. The van der Waals surface area contributed by atoms with Crippen LogP contribution in [-0.2, 0) is 9.84 Å². The van der Waals surface area contributed by atoms with Crippen LogP contribution >= 0.6 is 11.6 Å². The van der Waals surface area contributed by atoms with Crippen LogP contribution in [0, 0.1) is 0 Å². The Bertz CT molecular complexity index is 1270. The van der Waals surface area contributed by atoms with Crippen LogP contribution in [-0.4, -0.2) is 71.7 Å². The highest BCUT2D eigenvalue weighted by atomic mass is 35.5. The number of rotatable bonds is 4. The fourth-order valence-electron chi connectivity index (χ4n) is 4.57. The third-order valence-corrected chi connectivity index (χ3v) is 7.81. The van der Waals surface area contributed by atoms with Crippen molar-refractivity contribution in [1.29, 1.82) is 0 Å². The molecule has 2 saturated heterocycles. The van der Waals surface area contributed by atoms with E-state index in [0.717, 1.165) is 24.1 Å². The number of carbonyl (C=O) groups excluding carboxylic acids is 1. The number of benzene rings is 2. The van der Waals surface area contributed by atoms with Crippen LogP contribution in [0.5, 0.6) is 0 Å². The summed E-state index contributed by atoms with van der Waals surface area (Å²) in [5.74, 6) is 0.274. The fourth-order valence-corrected chi connectivity index (χ4v) is 5.73. The zero-order valence-electron chi connectivity index (χ0n) is 18.1. The molecular weight excluding hydrogens is 462 g/mol. The molecule has 172 valence electrons. The van der Waals surface area contributed by atoms with Crippen molar-refractivity contribution in [3.63, 3.8) is 0 Å². The van der Waals surface area contributed by atoms with Gasteiger partial charge < -0.3 is 9.80 Å². The lowest BCUT2D eigenvalue weighted by Crippen LogP contribution is -2.53. The lowest BCUT2D eigenvalue weighted by molar-refractivity contribution is 0.120. The molecule has 0 bridgehead atoms. The first-order chi connectivity index (χ1) is 15.8. The molecule has 1 atom stereocenters. The Kier molecular flexibility index (Phi) is 5.62. The molecule has 2 aliphatic rings. The summed E-state index contributed by atoms with van der Waals surface area (Å²) >= 11 is 6.02. The maximum absolute atomic E-state index is 12.9. The molecule has 3 aromatic rings. The second-order valence-electron chi connectivity index (χ2n) is 8.69. The van der Waals surface area contributed by atoms with Crippen LogP contribution in [0.1, 0.15) is 23.9 Å². The maximum Gasteiger partial charge on any atom is 0.320 e. The number of amides is 2. The van der Waals surface area contributed by atoms with E-state index in [1.54, 1.807) is 18.3 Å². The van der Waals surface area contributed by atoms with Gasteiger partial charge in [-0.25, -0.2) is 17.9 Å². The Hall–Kier alpha value is -2.91. The molecule has 2 amide bonds. The second-order valence-corrected chi connectivity index (χ2v) is 11.1. The van der Waals surface area contributed by atoms with E-state index in [-0.39, 0.29) is 22.9 Å². The van der Waals surface area contributed by atoms with E-state index in [1.165, 1.54) is 12.3 Å². The second kappa shape index (κ2) is 8.46. The molecule has 0 N–H and O–H groups in total. The van der Waals surface area contributed by atoms with Crippen molar-refractivity contribution in [2.24, 2.45) is 0 Å². The minimum absolute atomic E-state index is 0.0736. The van der Waals surface area contributed by atoms with Crippen molar-refractivity contribution in [3.8, 4) is 11.1 Å². The molecule has 33 heavy (non-hydrogen) atoms. The predicted molar refractivity (Wildman–Crippen MR) is 125 cm³/mol. The summed E-state index contributed by atoms with van der Waals surface area (Å²) in [4.78, 5) is 16.8. The van der Waals surface area contributed by atoms with Crippen molar-refractivity contribution < 1.29 is 13.2 Å². The van der Waals surface area contributed by atoms with E-state index >= 15 is 0 Å². The van der Waals surface area contributed by atoms with Gasteiger partial charge in [-0.2, -0.15) is 0 Å². The molecule has 2 aliphatic heterocycles. The monoisotopic (exact) mass is 485 g/mol. The summed E-state index contributed by atoms with van der Waals surface area (Å²) < 4.78 is 26.2. The first-order valence-corrected chi connectivity index (χ1v) is 13.1. The summed E-state index contributed by atoms with van der Waals surface area (Å²) in [6.45, 7) is 2.74. The molecule has 1 aromatic heterocycles. The van der Waals surface area contributed by atoms with Crippen LogP contribution < -0.4 is 0 Å². The molecule has 0 radical (unpaired) electrons. The molecule has 0 unspecified atom stereocenters. The molecule has 0 saturated carbocycles. The van der Waals surface area contributed by atoms with E-state index in [4.69, 9.17) is 11.6 Å². The number of hydrogen-bond donors (Lipinski definition) is 0. The molecule has 3 heterocycles. The normalized spacial score (nSPS) is 19.0. The third-order valence-electron chi connectivity index (χ3n) is 6.44. The van der Waals surface area contributed by atoms with Gasteiger partial charge >= 0.3 is 6.03 Å². The summed E-state index contributed by atoms with van der Waals surface area (Å²) in [5, 5.41) is 8.29. The lowest BCUT2D eigenvalue weighted by atomic mass is 9.90. The van der Waals surface area contributed by atoms with Crippen molar-refractivity contribution in [2.45, 2.75) is 23.3 Å². The molecule has 5 rings (SSSR count). The molecule has 2 fully saturated rings. The van der Waals surface area contributed by atoms with Gasteiger partial charge in [-0.1, -0.05) is 47.1 Å². The first kappa shape index (κ1) is 21.9. The summed E-state index contributed by atoms with van der Waals surface area (Å²) in [5.41, 5.74) is 2.59. The largest absolute Gasteiger partial charge is 0.323 e. The summed E-state index contributed by atoms with van der Waals surface area (Å²) in [6, 6.07) is 13.1. The minimum Gasteiger partial charge on any atom is -0.323 e. The van der Waals surface area contributed by atoms with Crippen LogP contribution in [0.2, 0.25) is 5.02 Å². The van der Waals surface area contributed by atoms with Crippen molar-refractivity contribution >= 4 is 27.5 Å². The van der Waals surface area contributed by atoms with Gasteiger partial charge in [-0.15, -0.1) is 5.10 Å². The van der Waals surface area contributed by atoms with E-state index in [9.17, 15) is 13.2 Å². The molecule has 0 spiro atoms. The van der Waals surface area contributed by atoms with Gasteiger partial charge in [0.25, 0.3) is 0 Å². The molecule has 10 heteroatoms. The molecule has 8 nitrogen and oxygen atoms in total. The van der Waals surface area contributed by atoms with Crippen molar-refractivity contribution in [3.05, 3.63) is 65.4 Å². The quantitative estimate of drug-likeness (QED) is 0.564. The van der Waals surface area contributed by atoms with E-state index in [2.05, 4.69) is 10.3 Å². The van der Waals surface area contributed by atoms with Gasteiger partial charge in [0.15, 0.2) is 9.84 Å². The first-order valence-electron chi connectivity index (χ1n) is 10.8. The van der Waals surface area contributed by atoms with Crippen LogP contribution in [0.15, 0.2) is 59.8 Å². The van der Waals surface area contributed by atoms with Crippen LogP contribution in [0.4, 0.5) is 4.79 Å². The van der Waals surface area contributed by atoms with Gasteiger partial charge in [-0.3, -0.25) is 0 Å². The SMILES string of the molecule is CS(=O)(=O)c1cc(Cl)ccc1-c1ccc(C2CN(C(=O)N3CC[C@@H](n4ccnn4)C3)C2)cc1. The lowest BCUT2D eigenvalue weighted by Gasteiger charge is -2.41. The Morgan fingerprint density at radius 2 is 1.82 bits per heavy atom. The van der Waals surface area contributed by atoms with Crippen molar-refractivity contribution in [1.82, 2.24) is 24.8 Å². The van der Waals surface area contributed by atoms with E-state index < -0.39 is 9.84 Å². The Morgan fingerprint density at radius 3 is 2.48 bits per heavy atom. The van der Waals surface area contributed by atoms with Gasteiger partial charge in [0.1, 0.15) is 0 Å².